The molecular formula is C51H96O15. The Morgan fingerprint density at radius 1 is 0.424 bits per heavy atom. The average Bonchev–Trinajstić information content (AvgIpc) is 3.31. The molecule has 0 radical (unpaired) electrons. The molecule has 15 nitrogen and oxygen atoms in total. The van der Waals surface area contributed by atoms with Gasteiger partial charge in [-0.25, -0.2) is 0 Å². The topological polar surface area (TPSA) is 231 Å². The van der Waals surface area contributed by atoms with Crippen LogP contribution in [0.3, 0.4) is 0 Å². The number of carbonyl (C=O) groups is 2. The monoisotopic (exact) mass is 949 g/mol. The normalized spacial score (nSPS) is 26.1. The summed E-state index contributed by atoms with van der Waals surface area (Å²) in [6.07, 6.45) is 20.5. The number of hydrogen-bond acceptors (Lipinski definition) is 15. The summed E-state index contributed by atoms with van der Waals surface area (Å²) in [6.45, 7) is 2.55. The lowest BCUT2D eigenvalue weighted by Gasteiger charge is -2.42. The zero-order chi connectivity index (χ0) is 48.2. The molecule has 390 valence electrons. The van der Waals surface area contributed by atoms with Gasteiger partial charge in [-0.3, -0.25) is 9.59 Å². The second kappa shape index (κ2) is 39.2. The first-order valence-electron chi connectivity index (χ1n) is 26.6. The molecule has 7 N–H and O–H groups in total. The van der Waals surface area contributed by atoms with Gasteiger partial charge >= 0.3 is 11.9 Å². The lowest BCUT2D eigenvalue weighted by Crippen LogP contribution is -2.61. The van der Waals surface area contributed by atoms with Gasteiger partial charge in [-0.2, -0.15) is 0 Å². The number of ether oxygens (including phenoxy) is 6. The molecule has 0 aromatic rings. The van der Waals surface area contributed by atoms with Crippen molar-refractivity contribution in [1.82, 2.24) is 0 Å². The SMILES string of the molecule is CCCCCCCCCCCCCCCCCCCCCCCCCCC(=O)OC(COC(=O)CCCCCCCC)COC1OC(COC2OC(CO)C(O)C(O)C2O)C(O)C(O)C1O. The first-order valence-corrected chi connectivity index (χ1v) is 26.6. The molecule has 2 rings (SSSR count). The standard InChI is InChI=1S/C51H96O15/c1-3-5-7-9-11-12-13-14-15-16-17-18-19-20-21-22-23-24-25-26-27-28-30-32-34-43(54)64-39(36-61-42(53)33-31-29-10-8-6-4-2)37-62-50-49(60)47(58)45(56)41(66-50)38-63-51-48(59)46(57)44(55)40(35-52)65-51/h39-41,44-52,55-60H,3-38H2,1-2H3. The minimum atomic E-state index is -1.76. The van der Waals surface area contributed by atoms with Gasteiger partial charge in [-0.05, 0) is 12.8 Å². The third-order valence-electron chi connectivity index (χ3n) is 13.1. The smallest absolute Gasteiger partial charge is 0.306 e. The van der Waals surface area contributed by atoms with E-state index in [0.29, 0.717) is 12.8 Å². The van der Waals surface area contributed by atoms with Crippen molar-refractivity contribution in [1.29, 1.82) is 0 Å². The predicted molar refractivity (Wildman–Crippen MR) is 252 cm³/mol. The first kappa shape index (κ1) is 60.6. The molecule has 11 atom stereocenters. The maximum absolute atomic E-state index is 13.0. The molecule has 66 heavy (non-hydrogen) atoms. The molecule has 0 aromatic heterocycles. The molecule has 0 aliphatic carbocycles. The maximum Gasteiger partial charge on any atom is 0.306 e. The van der Waals surface area contributed by atoms with Gasteiger partial charge in [0.15, 0.2) is 18.7 Å². The van der Waals surface area contributed by atoms with Crippen LogP contribution in [0.4, 0.5) is 0 Å². The molecule has 2 heterocycles. The minimum absolute atomic E-state index is 0.173. The molecule has 0 aromatic carbocycles. The van der Waals surface area contributed by atoms with E-state index in [1.165, 1.54) is 128 Å². The second-order valence-corrected chi connectivity index (χ2v) is 19.1. The van der Waals surface area contributed by atoms with E-state index in [2.05, 4.69) is 13.8 Å². The highest BCUT2D eigenvalue weighted by atomic mass is 16.7. The van der Waals surface area contributed by atoms with Crippen molar-refractivity contribution in [3.05, 3.63) is 0 Å². The molecule has 2 fully saturated rings. The zero-order valence-electron chi connectivity index (χ0n) is 41.2. The van der Waals surface area contributed by atoms with Crippen LogP contribution < -0.4 is 0 Å². The number of esters is 2. The van der Waals surface area contributed by atoms with E-state index in [9.17, 15) is 45.3 Å². The summed E-state index contributed by atoms with van der Waals surface area (Å²) in [4.78, 5) is 25.5. The highest BCUT2D eigenvalue weighted by molar-refractivity contribution is 5.70. The third kappa shape index (κ3) is 27.0. The highest BCUT2D eigenvalue weighted by Crippen LogP contribution is 2.27. The lowest BCUT2D eigenvalue weighted by atomic mass is 9.98. The number of hydrogen-bond donors (Lipinski definition) is 7. The fourth-order valence-electron chi connectivity index (χ4n) is 8.69. The summed E-state index contributed by atoms with van der Waals surface area (Å²) in [6, 6.07) is 0. The fraction of sp³-hybridized carbons (Fsp3) is 0.961. The Labute approximate surface area is 398 Å². The molecule has 2 aliphatic rings. The van der Waals surface area contributed by atoms with E-state index in [4.69, 9.17) is 28.4 Å². The van der Waals surface area contributed by atoms with E-state index >= 15 is 0 Å². The van der Waals surface area contributed by atoms with Gasteiger partial charge in [0.05, 0.1) is 19.8 Å². The van der Waals surface area contributed by atoms with Crippen LogP contribution in [0.25, 0.3) is 0 Å². The van der Waals surface area contributed by atoms with E-state index in [1.807, 2.05) is 0 Å². The van der Waals surface area contributed by atoms with Crippen LogP contribution in [0.1, 0.15) is 219 Å². The van der Waals surface area contributed by atoms with E-state index in [0.717, 1.165) is 51.4 Å². The van der Waals surface area contributed by atoms with Crippen LogP contribution in [0.15, 0.2) is 0 Å². The third-order valence-corrected chi connectivity index (χ3v) is 13.1. The number of rotatable bonds is 42. The predicted octanol–water partition coefficient (Wildman–Crippen LogP) is 7.61. The molecule has 0 spiro atoms. The van der Waals surface area contributed by atoms with Gasteiger partial charge in [-0.1, -0.05) is 194 Å². The molecular weight excluding hydrogens is 853 g/mol. The van der Waals surface area contributed by atoms with Crippen LogP contribution in [-0.2, 0) is 38.0 Å². The van der Waals surface area contributed by atoms with Crippen molar-refractivity contribution in [2.75, 3.05) is 26.4 Å². The van der Waals surface area contributed by atoms with Gasteiger partial charge in [-0.15, -0.1) is 0 Å². The second-order valence-electron chi connectivity index (χ2n) is 19.1. The summed E-state index contributed by atoms with van der Waals surface area (Å²) >= 11 is 0. The fourth-order valence-corrected chi connectivity index (χ4v) is 8.69. The van der Waals surface area contributed by atoms with E-state index in [1.54, 1.807) is 0 Å². The maximum atomic E-state index is 13.0. The lowest BCUT2D eigenvalue weighted by molar-refractivity contribution is -0.332. The molecule has 0 amide bonds. The van der Waals surface area contributed by atoms with Gasteiger partial charge in [0.1, 0.15) is 55.4 Å². The summed E-state index contributed by atoms with van der Waals surface area (Å²) in [7, 11) is 0. The van der Waals surface area contributed by atoms with Gasteiger partial charge in [0.25, 0.3) is 0 Å². The van der Waals surface area contributed by atoms with Crippen LogP contribution in [0.2, 0.25) is 0 Å². The van der Waals surface area contributed by atoms with E-state index < -0.39 is 92.7 Å². The van der Waals surface area contributed by atoms with Crippen molar-refractivity contribution in [3.63, 3.8) is 0 Å². The van der Waals surface area contributed by atoms with Gasteiger partial charge < -0.3 is 64.2 Å². The highest BCUT2D eigenvalue weighted by Gasteiger charge is 2.47. The summed E-state index contributed by atoms with van der Waals surface area (Å²) in [5.41, 5.74) is 0. The average molecular weight is 949 g/mol. The summed E-state index contributed by atoms with van der Waals surface area (Å²) in [5.74, 6) is -0.921. The van der Waals surface area contributed by atoms with Crippen molar-refractivity contribution >= 4 is 11.9 Å². The zero-order valence-corrected chi connectivity index (χ0v) is 41.2. The van der Waals surface area contributed by atoms with Gasteiger partial charge in [0.2, 0.25) is 0 Å². The van der Waals surface area contributed by atoms with Crippen LogP contribution >= 0.6 is 0 Å². The Bertz CT molecular complexity index is 1160. The number of aliphatic hydroxyl groups excluding tert-OH is 7. The minimum Gasteiger partial charge on any atom is -0.462 e. The molecule has 11 unspecified atom stereocenters. The number of carbonyl (C=O) groups excluding carboxylic acids is 2. The Morgan fingerprint density at radius 2 is 0.773 bits per heavy atom. The largest absolute Gasteiger partial charge is 0.462 e. The van der Waals surface area contributed by atoms with Crippen molar-refractivity contribution in [2.24, 2.45) is 0 Å². The summed E-state index contributed by atoms with van der Waals surface area (Å²) < 4.78 is 33.4. The Hall–Kier alpha value is -1.50. The van der Waals surface area contributed by atoms with Crippen molar-refractivity contribution < 1.29 is 73.8 Å². The van der Waals surface area contributed by atoms with Crippen molar-refractivity contribution in [2.45, 2.75) is 287 Å². The molecule has 15 heteroatoms. The number of aliphatic hydroxyl groups is 7. The van der Waals surface area contributed by atoms with Crippen molar-refractivity contribution in [3.8, 4) is 0 Å². The number of unbranched alkanes of at least 4 members (excludes halogenated alkanes) is 28. The molecule has 2 saturated heterocycles. The van der Waals surface area contributed by atoms with Crippen LogP contribution in [0.5, 0.6) is 0 Å². The van der Waals surface area contributed by atoms with Crippen LogP contribution in [0, 0.1) is 0 Å². The van der Waals surface area contributed by atoms with Crippen LogP contribution in [-0.4, -0.2) is 142 Å². The Balaban J connectivity index is 1.67. The Kier molecular flexibility index (Phi) is 36.0. The Morgan fingerprint density at radius 3 is 1.18 bits per heavy atom. The summed E-state index contributed by atoms with van der Waals surface area (Å²) in [5, 5.41) is 71.9. The van der Waals surface area contributed by atoms with E-state index in [-0.39, 0.29) is 26.1 Å². The molecule has 0 bridgehead atoms. The molecule has 2 aliphatic heterocycles. The quantitative estimate of drug-likeness (QED) is 0.0231. The first-order chi connectivity index (χ1) is 32.0. The van der Waals surface area contributed by atoms with Gasteiger partial charge in [0, 0.05) is 12.8 Å². The molecule has 0 saturated carbocycles.